The number of nitrogens with zero attached hydrogens (tertiary/aromatic N) is 1. The van der Waals surface area contributed by atoms with Crippen LogP contribution in [-0.4, -0.2) is 68.9 Å². The number of unbranched alkanes of at least 4 members (excludes halogenated alkanes) is 16. The summed E-state index contributed by atoms with van der Waals surface area (Å²) >= 11 is 0. The van der Waals surface area contributed by atoms with E-state index in [2.05, 4.69) is 20.3 Å². The average Bonchev–Trinajstić information content (AvgIpc) is 3.37. The second-order valence-corrected chi connectivity index (χ2v) is 13.6. The van der Waals surface area contributed by atoms with Crippen LogP contribution in [0.3, 0.4) is 0 Å². The van der Waals surface area contributed by atoms with Crippen LogP contribution in [0, 0.1) is 0 Å². The number of fused-ring (bicyclic) bond motifs is 1. The summed E-state index contributed by atoms with van der Waals surface area (Å²) in [6.07, 6.45) is 21.4. The van der Waals surface area contributed by atoms with E-state index in [1.54, 1.807) is 13.1 Å². The summed E-state index contributed by atoms with van der Waals surface area (Å²) in [5, 5.41) is 31.9. The van der Waals surface area contributed by atoms with E-state index in [0.717, 1.165) is 25.7 Å². The van der Waals surface area contributed by atoms with Crippen LogP contribution in [0.1, 0.15) is 122 Å². The Morgan fingerprint density at radius 3 is 1.95 bits per heavy atom. The molecule has 0 amide bonds. The highest BCUT2D eigenvalue weighted by Gasteiger charge is 2.28. The van der Waals surface area contributed by atoms with Gasteiger partial charge in [-0.1, -0.05) is 96.3 Å². The number of hydrogen-bond acceptors (Lipinski definition) is 9. The van der Waals surface area contributed by atoms with Crippen LogP contribution in [0.25, 0.3) is 11.0 Å². The first kappa shape index (κ1) is 37.4. The van der Waals surface area contributed by atoms with Crippen LogP contribution < -0.4 is 10.9 Å². The quantitative estimate of drug-likeness (QED) is 0.0469. The number of rotatable bonds is 28. The van der Waals surface area contributed by atoms with Gasteiger partial charge >= 0.3 is 7.60 Å². The molecule has 0 aromatic carbocycles. The molecule has 0 saturated heterocycles. The first-order valence-corrected chi connectivity index (χ1v) is 18.3. The van der Waals surface area contributed by atoms with Crippen molar-refractivity contribution >= 4 is 18.6 Å². The zero-order chi connectivity index (χ0) is 31.2. The van der Waals surface area contributed by atoms with Crippen molar-refractivity contribution in [3.63, 3.8) is 0 Å². The molecule has 0 aliphatic carbocycles. The molecule has 0 saturated carbocycles. The van der Waals surface area contributed by atoms with Crippen molar-refractivity contribution in [1.29, 1.82) is 0 Å². The SMILES string of the molecule is CCOP(=O)(C[C@@H](O)CNCc1c[nH]c2c(=O)[nH]c(O)nc12)OCCCCCCCCCCCCCCCCCCCO. The zero-order valence-corrected chi connectivity index (χ0v) is 27.2. The van der Waals surface area contributed by atoms with Crippen molar-refractivity contribution < 1.29 is 28.9 Å². The average molecular weight is 629 g/mol. The van der Waals surface area contributed by atoms with Gasteiger partial charge in [-0.05, 0) is 19.8 Å². The van der Waals surface area contributed by atoms with Gasteiger partial charge in [0, 0.05) is 31.5 Å². The summed E-state index contributed by atoms with van der Waals surface area (Å²) in [5.41, 5.74) is 0.815. The highest BCUT2D eigenvalue weighted by Crippen LogP contribution is 2.48. The first-order valence-electron chi connectivity index (χ1n) is 16.6. The number of nitrogens with one attached hydrogen (secondary N) is 3. The van der Waals surface area contributed by atoms with Crippen LogP contribution in [0.4, 0.5) is 0 Å². The fourth-order valence-corrected chi connectivity index (χ4v) is 7.03. The molecule has 6 N–H and O–H groups in total. The molecule has 12 heteroatoms. The number of hydrogen-bond donors (Lipinski definition) is 6. The third kappa shape index (κ3) is 16.2. The predicted octanol–water partition coefficient (Wildman–Crippen LogP) is 6.28. The van der Waals surface area contributed by atoms with Gasteiger partial charge in [0.05, 0.1) is 25.5 Å². The molecule has 2 aromatic heterocycles. The molecule has 2 atom stereocenters. The Morgan fingerprint density at radius 1 is 0.884 bits per heavy atom. The van der Waals surface area contributed by atoms with Gasteiger partial charge in [-0.15, -0.1) is 0 Å². The molecule has 2 heterocycles. The molecule has 0 aliphatic heterocycles. The number of aromatic nitrogens is 3. The van der Waals surface area contributed by atoms with E-state index >= 15 is 0 Å². The Bertz CT molecular complexity index is 1090. The van der Waals surface area contributed by atoms with Crippen molar-refractivity contribution in [2.24, 2.45) is 0 Å². The van der Waals surface area contributed by atoms with Gasteiger partial charge in [-0.2, -0.15) is 4.98 Å². The summed E-state index contributed by atoms with van der Waals surface area (Å²) in [6.45, 7) is 3.11. The molecule has 0 spiro atoms. The largest absolute Gasteiger partial charge is 0.480 e. The van der Waals surface area contributed by atoms with Crippen LogP contribution in [0.5, 0.6) is 6.01 Å². The van der Waals surface area contributed by atoms with Crippen LogP contribution in [0.2, 0.25) is 0 Å². The van der Waals surface area contributed by atoms with Gasteiger partial charge in [0.15, 0.2) is 0 Å². The number of aliphatic hydroxyl groups is 2. The van der Waals surface area contributed by atoms with Crippen molar-refractivity contribution in [2.45, 2.75) is 129 Å². The Hall–Kier alpha value is -1.75. The lowest BCUT2D eigenvalue weighted by atomic mass is 10.0. The van der Waals surface area contributed by atoms with Gasteiger partial charge in [-0.25, -0.2) is 0 Å². The molecular weight excluding hydrogens is 571 g/mol. The van der Waals surface area contributed by atoms with E-state index in [1.807, 2.05) is 0 Å². The molecule has 11 nitrogen and oxygen atoms in total. The summed E-state index contributed by atoms with van der Waals surface area (Å²) in [7, 11) is -3.42. The molecule has 0 bridgehead atoms. The Labute approximate surface area is 257 Å². The van der Waals surface area contributed by atoms with Crippen LogP contribution >= 0.6 is 7.60 Å². The molecule has 0 radical (unpaired) electrons. The highest BCUT2D eigenvalue weighted by molar-refractivity contribution is 7.53. The van der Waals surface area contributed by atoms with Crippen LogP contribution in [0.15, 0.2) is 11.0 Å². The minimum Gasteiger partial charge on any atom is -0.480 e. The number of aromatic hydroxyl groups is 1. The lowest BCUT2D eigenvalue weighted by Crippen LogP contribution is -2.29. The maximum absolute atomic E-state index is 13.1. The van der Waals surface area contributed by atoms with Crippen LogP contribution in [-0.2, 0) is 20.2 Å². The van der Waals surface area contributed by atoms with Crippen molar-refractivity contribution in [1.82, 2.24) is 20.3 Å². The number of aromatic amines is 2. The van der Waals surface area contributed by atoms with E-state index in [1.165, 1.54) is 83.5 Å². The summed E-state index contributed by atoms with van der Waals surface area (Å²) in [6, 6.07) is -0.460. The fourth-order valence-electron chi connectivity index (χ4n) is 5.29. The molecule has 0 fully saturated rings. The summed E-state index contributed by atoms with van der Waals surface area (Å²) in [4.78, 5) is 20.9. The second-order valence-electron chi connectivity index (χ2n) is 11.5. The van der Waals surface area contributed by atoms with Gasteiger partial charge < -0.3 is 34.7 Å². The first-order chi connectivity index (χ1) is 20.9. The van der Waals surface area contributed by atoms with Gasteiger partial charge in [0.1, 0.15) is 11.0 Å². The standard InChI is InChI=1S/C31H57N4O7P/c1-2-41-43(40,25-27(37)24-32-22-26-23-33-29-28(26)34-31(39)35-30(29)38)42-21-19-17-15-13-11-9-7-5-3-4-6-8-10-12-14-16-18-20-36/h23,27,32-33,36-37H,2-22,24-25H2,1H3,(H2,34,35,38,39)/t27-,43?/m0/s1. The van der Waals surface area contributed by atoms with Gasteiger partial charge in [0.25, 0.3) is 11.6 Å². The van der Waals surface area contributed by atoms with Gasteiger partial charge in [0.2, 0.25) is 0 Å². The lowest BCUT2D eigenvalue weighted by molar-refractivity contribution is 0.162. The van der Waals surface area contributed by atoms with E-state index < -0.39 is 25.3 Å². The molecule has 0 aliphatic rings. The molecule has 43 heavy (non-hydrogen) atoms. The van der Waals surface area contributed by atoms with E-state index in [0.29, 0.717) is 30.8 Å². The van der Waals surface area contributed by atoms with Crippen molar-refractivity contribution in [3.8, 4) is 6.01 Å². The molecule has 2 rings (SSSR count). The van der Waals surface area contributed by atoms with Gasteiger partial charge in [-0.3, -0.25) is 14.3 Å². The number of aliphatic hydroxyl groups excluding tert-OH is 2. The summed E-state index contributed by atoms with van der Waals surface area (Å²) in [5.74, 6) is 0. The van der Waals surface area contributed by atoms with Crippen molar-refractivity contribution in [3.05, 3.63) is 22.1 Å². The predicted molar refractivity (Wildman–Crippen MR) is 172 cm³/mol. The lowest BCUT2D eigenvalue weighted by Gasteiger charge is -2.21. The Morgan fingerprint density at radius 2 is 1.42 bits per heavy atom. The maximum Gasteiger partial charge on any atom is 0.333 e. The highest BCUT2D eigenvalue weighted by atomic mass is 31.2. The fraction of sp³-hybridized carbons (Fsp3) is 0.806. The maximum atomic E-state index is 13.1. The molecule has 1 unspecified atom stereocenters. The van der Waals surface area contributed by atoms with Crippen molar-refractivity contribution in [2.75, 3.05) is 32.5 Å². The van der Waals surface area contributed by atoms with E-state index in [9.17, 15) is 19.6 Å². The monoisotopic (exact) mass is 628 g/mol. The molecule has 248 valence electrons. The Balaban J connectivity index is 1.47. The third-order valence-electron chi connectivity index (χ3n) is 7.65. The topological polar surface area (TPSA) is 170 Å². The van der Waals surface area contributed by atoms with E-state index in [-0.39, 0.29) is 24.8 Å². The third-order valence-corrected chi connectivity index (χ3v) is 9.74. The summed E-state index contributed by atoms with van der Waals surface area (Å²) < 4.78 is 24.2. The Kier molecular flexibility index (Phi) is 19.8. The minimum atomic E-state index is -3.42. The number of H-pyrrole nitrogens is 2. The smallest absolute Gasteiger partial charge is 0.333 e. The zero-order valence-electron chi connectivity index (χ0n) is 26.3. The minimum absolute atomic E-state index is 0.105. The molecule has 2 aromatic rings. The normalized spacial score (nSPS) is 13.9. The molecular formula is C31H57N4O7P. The second kappa shape index (κ2) is 22.7. The van der Waals surface area contributed by atoms with E-state index in [4.69, 9.17) is 14.2 Å².